The number of epoxide rings is 1. The second kappa shape index (κ2) is 8.12. The van der Waals surface area contributed by atoms with Gasteiger partial charge in [0, 0.05) is 6.54 Å². The molecule has 2 amide bonds. The first kappa shape index (κ1) is 18.4. The van der Waals surface area contributed by atoms with Crippen LogP contribution in [0.25, 0.3) is 0 Å². The van der Waals surface area contributed by atoms with Crippen molar-refractivity contribution in [2.45, 2.75) is 58.8 Å². The molecule has 22 heavy (non-hydrogen) atoms. The maximum absolute atomic E-state index is 12.2. The van der Waals surface area contributed by atoms with E-state index < -0.39 is 30.1 Å². The van der Waals surface area contributed by atoms with Crippen molar-refractivity contribution in [2.24, 2.45) is 11.8 Å². The summed E-state index contributed by atoms with van der Waals surface area (Å²) in [6.07, 6.45) is -0.732. The van der Waals surface area contributed by atoms with Crippen molar-refractivity contribution in [1.82, 2.24) is 10.6 Å². The topological polar surface area (TPSA) is 108 Å². The van der Waals surface area contributed by atoms with Gasteiger partial charge in [0.2, 0.25) is 5.91 Å². The Balaban J connectivity index is 2.51. The lowest BCUT2D eigenvalue weighted by Crippen LogP contribution is -2.49. The number of carbonyl (C=O) groups is 3. The van der Waals surface area contributed by atoms with Crippen molar-refractivity contribution in [2.75, 3.05) is 6.54 Å². The molecule has 1 heterocycles. The average molecular weight is 314 g/mol. The molecule has 3 N–H and O–H groups in total. The number of nitrogens with one attached hydrogen (secondary N) is 2. The first-order chi connectivity index (χ1) is 10.2. The zero-order chi connectivity index (χ0) is 16.9. The maximum Gasteiger partial charge on any atom is 0.336 e. The summed E-state index contributed by atoms with van der Waals surface area (Å²) in [6, 6.07) is -0.668. The summed E-state index contributed by atoms with van der Waals surface area (Å²) in [4.78, 5) is 34.8. The molecule has 1 saturated heterocycles. The molecule has 0 aromatic heterocycles. The van der Waals surface area contributed by atoms with E-state index in [0.717, 1.165) is 6.42 Å². The summed E-state index contributed by atoms with van der Waals surface area (Å²) < 4.78 is 4.80. The number of carboxylic acids is 1. The normalized spacial score (nSPS) is 21.5. The zero-order valence-electron chi connectivity index (χ0n) is 13.6. The van der Waals surface area contributed by atoms with E-state index in [2.05, 4.69) is 24.5 Å². The molecule has 1 fully saturated rings. The van der Waals surface area contributed by atoms with Crippen molar-refractivity contribution in [1.29, 1.82) is 0 Å². The lowest BCUT2D eigenvalue weighted by molar-refractivity contribution is -0.138. The van der Waals surface area contributed by atoms with Crippen molar-refractivity contribution < 1.29 is 24.2 Å². The summed E-state index contributed by atoms with van der Waals surface area (Å²) in [5.41, 5.74) is 0. The second-order valence-corrected chi connectivity index (χ2v) is 6.48. The lowest BCUT2D eigenvalue weighted by Gasteiger charge is -2.20. The molecule has 0 aliphatic carbocycles. The first-order valence-electron chi connectivity index (χ1n) is 7.68. The number of aliphatic carboxylic acids is 1. The number of amides is 2. The molecular formula is C15H26N2O5. The Labute approximate surface area is 130 Å². The number of hydrogen-bond donors (Lipinski definition) is 3. The smallest absolute Gasteiger partial charge is 0.336 e. The quantitative estimate of drug-likeness (QED) is 0.538. The van der Waals surface area contributed by atoms with Crippen molar-refractivity contribution in [3.8, 4) is 0 Å². The Kier molecular flexibility index (Phi) is 6.80. The molecule has 0 spiro atoms. The molecule has 7 nitrogen and oxygen atoms in total. The van der Waals surface area contributed by atoms with Gasteiger partial charge in [-0.15, -0.1) is 0 Å². The van der Waals surface area contributed by atoms with Gasteiger partial charge in [0.15, 0.2) is 12.2 Å². The van der Waals surface area contributed by atoms with E-state index in [4.69, 9.17) is 9.84 Å². The molecule has 0 saturated carbocycles. The number of carboxylic acid groups (broad SMARTS) is 1. The largest absolute Gasteiger partial charge is 0.479 e. The lowest BCUT2D eigenvalue weighted by atomic mass is 10.0. The van der Waals surface area contributed by atoms with Crippen molar-refractivity contribution >= 4 is 17.8 Å². The van der Waals surface area contributed by atoms with Crippen LogP contribution < -0.4 is 10.6 Å². The maximum atomic E-state index is 12.2. The third-order valence-electron chi connectivity index (χ3n) is 3.35. The van der Waals surface area contributed by atoms with E-state index in [9.17, 15) is 14.4 Å². The van der Waals surface area contributed by atoms with Gasteiger partial charge in [-0.2, -0.15) is 0 Å². The van der Waals surface area contributed by atoms with Gasteiger partial charge in [-0.1, -0.05) is 27.7 Å². The van der Waals surface area contributed by atoms with Crippen LogP contribution >= 0.6 is 0 Å². The van der Waals surface area contributed by atoms with Gasteiger partial charge in [0.05, 0.1) is 0 Å². The van der Waals surface area contributed by atoms with Crippen LogP contribution in [0.1, 0.15) is 40.5 Å². The van der Waals surface area contributed by atoms with Crippen LogP contribution in [-0.4, -0.2) is 47.7 Å². The van der Waals surface area contributed by atoms with Crippen LogP contribution in [0.4, 0.5) is 0 Å². The first-order valence-corrected chi connectivity index (χ1v) is 7.68. The number of carbonyl (C=O) groups excluding carboxylic acids is 2. The van der Waals surface area contributed by atoms with Gasteiger partial charge in [-0.3, -0.25) is 9.59 Å². The summed E-state index contributed by atoms with van der Waals surface area (Å²) >= 11 is 0. The number of hydrogen-bond acceptors (Lipinski definition) is 4. The molecule has 0 bridgehead atoms. The third kappa shape index (κ3) is 6.01. The average Bonchev–Trinajstić information content (AvgIpc) is 3.16. The number of ether oxygens (including phenoxy) is 1. The minimum absolute atomic E-state index is 0.219. The second-order valence-electron chi connectivity index (χ2n) is 6.48. The van der Waals surface area contributed by atoms with Crippen LogP contribution in [0.3, 0.4) is 0 Å². The van der Waals surface area contributed by atoms with E-state index in [-0.39, 0.29) is 11.8 Å². The summed E-state index contributed by atoms with van der Waals surface area (Å²) in [7, 11) is 0. The van der Waals surface area contributed by atoms with Crippen LogP contribution in [0.5, 0.6) is 0 Å². The zero-order valence-corrected chi connectivity index (χ0v) is 13.6. The minimum Gasteiger partial charge on any atom is -0.479 e. The molecule has 7 heteroatoms. The SMILES string of the molecule is CC(C)CCNC(=O)[C@H](CC(C)C)NC(=O)[C@H]1OC1C(=O)O. The predicted molar refractivity (Wildman–Crippen MR) is 80.1 cm³/mol. The summed E-state index contributed by atoms with van der Waals surface area (Å²) in [5, 5.41) is 14.1. The Hall–Kier alpha value is -1.63. The van der Waals surface area contributed by atoms with Gasteiger partial charge in [0.1, 0.15) is 6.04 Å². The Bertz CT molecular complexity index is 422. The van der Waals surface area contributed by atoms with Crippen LogP contribution in [0.2, 0.25) is 0 Å². The summed E-state index contributed by atoms with van der Waals surface area (Å²) in [5.74, 6) is -1.25. The fourth-order valence-electron chi connectivity index (χ4n) is 2.06. The molecule has 0 radical (unpaired) electrons. The van der Waals surface area contributed by atoms with E-state index in [1.54, 1.807) is 0 Å². The highest BCUT2D eigenvalue weighted by Crippen LogP contribution is 2.22. The molecule has 126 valence electrons. The fourth-order valence-corrected chi connectivity index (χ4v) is 2.06. The van der Waals surface area contributed by atoms with Crippen LogP contribution in [-0.2, 0) is 19.1 Å². The monoisotopic (exact) mass is 314 g/mol. The highest BCUT2D eigenvalue weighted by molar-refractivity contribution is 5.95. The molecule has 1 unspecified atom stereocenters. The van der Waals surface area contributed by atoms with Crippen LogP contribution in [0, 0.1) is 11.8 Å². The molecule has 0 aromatic carbocycles. The Morgan fingerprint density at radius 2 is 1.73 bits per heavy atom. The van der Waals surface area contributed by atoms with E-state index in [0.29, 0.717) is 18.9 Å². The van der Waals surface area contributed by atoms with E-state index in [1.165, 1.54) is 0 Å². The molecule has 1 rings (SSSR count). The molecule has 0 aromatic rings. The van der Waals surface area contributed by atoms with E-state index in [1.807, 2.05) is 13.8 Å². The predicted octanol–water partition coefficient (Wildman–Crippen LogP) is 0.532. The highest BCUT2D eigenvalue weighted by Gasteiger charge is 2.51. The van der Waals surface area contributed by atoms with Crippen LogP contribution in [0.15, 0.2) is 0 Å². The standard InChI is InChI=1S/C15H26N2O5/c1-8(2)5-6-16-13(18)10(7-9(3)4)17-14(19)11-12(22-11)15(20)21/h8-12H,5-7H2,1-4H3,(H,16,18)(H,17,19)(H,20,21)/t10-,11-,12?/m0/s1. The molecule has 1 aliphatic rings. The minimum atomic E-state index is -1.16. The van der Waals surface area contributed by atoms with Gasteiger partial charge < -0.3 is 20.5 Å². The molecular weight excluding hydrogens is 288 g/mol. The van der Waals surface area contributed by atoms with Crippen molar-refractivity contribution in [3.63, 3.8) is 0 Å². The van der Waals surface area contributed by atoms with Gasteiger partial charge in [0.25, 0.3) is 5.91 Å². The van der Waals surface area contributed by atoms with Gasteiger partial charge in [-0.05, 0) is 24.7 Å². The van der Waals surface area contributed by atoms with Gasteiger partial charge in [-0.25, -0.2) is 4.79 Å². The number of rotatable bonds is 9. The van der Waals surface area contributed by atoms with E-state index >= 15 is 0 Å². The molecule has 3 atom stereocenters. The highest BCUT2D eigenvalue weighted by atomic mass is 16.6. The van der Waals surface area contributed by atoms with Gasteiger partial charge >= 0.3 is 5.97 Å². The molecule has 1 aliphatic heterocycles. The Morgan fingerprint density at radius 1 is 1.09 bits per heavy atom. The summed E-state index contributed by atoms with van der Waals surface area (Å²) in [6.45, 7) is 8.59. The fraction of sp³-hybridized carbons (Fsp3) is 0.800. The third-order valence-corrected chi connectivity index (χ3v) is 3.35. The van der Waals surface area contributed by atoms with Crippen molar-refractivity contribution in [3.05, 3.63) is 0 Å². The Morgan fingerprint density at radius 3 is 2.18 bits per heavy atom.